The monoisotopic (exact) mass is 246 g/mol. The summed E-state index contributed by atoms with van der Waals surface area (Å²) in [6.45, 7) is 0. The van der Waals surface area contributed by atoms with Crippen LogP contribution in [0, 0.1) is 0 Å². The first kappa shape index (κ1) is 11.1. The average molecular weight is 246 g/mol. The Morgan fingerprint density at radius 3 is 2.67 bits per heavy atom. The lowest BCUT2D eigenvalue weighted by atomic mass is 10.2. The van der Waals surface area contributed by atoms with Gasteiger partial charge in [-0.05, 0) is 25.0 Å². The molecule has 5 heteroatoms. The minimum Gasteiger partial charge on any atom is -0.507 e. The number of nitrogens with zero attached hydrogens (tertiary/aromatic N) is 1. The van der Waals surface area contributed by atoms with E-state index in [9.17, 15) is 14.7 Å². The van der Waals surface area contributed by atoms with Gasteiger partial charge >= 0.3 is 5.69 Å². The van der Waals surface area contributed by atoms with E-state index in [2.05, 4.69) is 4.98 Å². The fourth-order valence-electron chi connectivity index (χ4n) is 2.75. The smallest absolute Gasteiger partial charge is 0.329 e. The highest BCUT2D eigenvalue weighted by molar-refractivity contribution is 5.83. The Morgan fingerprint density at radius 1 is 1.22 bits per heavy atom. The zero-order chi connectivity index (χ0) is 12.7. The fourth-order valence-corrected chi connectivity index (χ4v) is 2.75. The maximum absolute atomic E-state index is 12.3. The van der Waals surface area contributed by atoms with Gasteiger partial charge in [0.25, 0.3) is 5.56 Å². The van der Waals surface area contributed by atoms with Crippen molar-refractivity contribution in [2.75, 3.05) is 0 Å². The van der Waals surface area contributed by atoms with Gasteiger partial charge in [0.1, 0.15) is 11.1 Å². The number of phenolic OH excluding ortho intramolecular Hbond substituents is 1. The molecule has 18 heavy (non-hydrogen) atoms. The number of phenols is 1. The van der Waals surface area contributed by atoms with Gasteiger partial charge in [-0.2, -0.15) is 0 Å². The van der Waals surface area contributed by atoms with Gasteiger partial charge in [0.15, 0.2) is 0 Å². The molecule has 1 saturated carbocycles. The van der Waals surface area contributed by atoms with Gasteiger partial charge < -0.3 is 10.1 Å². The zero-order valence-electron chi connectivity index (χ0n) is 9.85. The van der Waals surface area contributed by atoms with Crippen LogP contribution in [0.1, 0.15) is 31.7 Å². The third-order valence-electron chi connectivity index (χ3n) is 3.63. The summed E-state index contributed by atoms with van der Waals surface area (Å²) in [5, 5.41) is 9.97. The molecule has 1 aromatic heterocycles. The first-order valence-corrected chi connectivity index (χ1v) is 6.15. The summed E-state index contributed by atoms with van der Waals surface area (Å²) in [6.07, 6.45) is 3.77. The van der Waals surface area contributed by atoms with Gasteiger partial charge in [-0.1, -0.05) is 18.9 Å². The maximum atomic E-state index is 12.3. The number of aromatic amines is 1. The Labute approximate surface area is 103 Å². The Morgan fingerprint density at radius 2 is 1.94 bits per heavy atom. The number of aromatic hydroxyl groups is 1. The second kappa shape index (κ2) is 4.01. The van der Waals surface area contributed by atoms with Gasteiger partial charge in [0, 0.05) is 6.04 Å². The number of H-pyrrole nitrogens is 1. The Balaban J connectivity index is 2.36. The molecule has 1 aliphatic carbocycles. The van der Waals surface area contributed by atoms with Crippen molar-refractivity contribution < 1.29 is 5.11 Å². The molecule has 5 nitrogen and oxygen atoms in total. The van der Waals surface area contributed by atoms with Gasteiger partial charge in [-0.3, -0.25) is 9.36 Å². The molecule has 0 radical (unpaired) electrons. The van der Waals surface area contributed by atoms with Crippen molar-refractivity contribution in [3.63, 3.8) is 0 Å². The predicted molar refractivity (Wildman–Crippen MR) is 68.0 cm³/mol. The first-order chi connectivity index (χ1) is 8.68. The Hall–Kier alpha value is -2.04. The summed E-state index contributed by atoms with van der Waals surface area (Å²) in [7, 11) is 0. The molecule has 1 fully saturated rings. The molecular formula is C13H14N2O3. The molecule has 1 aromatic carbocycles. The number of fused-ring (bicyclic) bond motifs is 1. The number of nitrogens with one attached hydrogen (secondary N) is 1. The van der Waals surface area contributed by atoms with E-state index < -0.39 is 5.56 Å². The number of benzene rings is 1. The van der Waals surface area contributed by atoms with Crippen LogP contribution in [0.15, 0.2) is 27.8 Å². The van der Waals surface area contributed by atoms with Crippen LogP contribution >= 0.6 is 0 Å². The van der Waals surface area contributed by atoms with Gasteiger partial charge in [0.05, 0.1) is 5.52 Å². The molecule has 0 atom stereocenters. The van der Waals surface area contributed by atoms with E-state index in [1.165, 1.54) is 10.6 Å². The quantitative estimate of drug-likeness (QED) is 0.800. The third kappa shape index (κ3) is 1.54. The standard InChI is InChI=1S/C13H14N2O3/c16-10-7-3-6-9-11(10)12(17)15(13(18)14-9)8-4-1-2-5-8/h3,6-8,16H,1-2,4-5H2,(H,14,18). The highest BCUT2D eigenvalue weighted by Crippen LogP contribution is 2.28. The van der Waals surface area contributed by atoms with E-state index in [1.54, 1.807) is 12.1 Å². The Kier molecular flexibility index (Phi) is 2.47. The summed E-state index contributed by atoms with van der Waals surface area (Å²) in [5.74, 6) is -0.0829. The summed E-state index contributed by atoms with van der Waals surface area (Å²) >= 11 is 0. The normalized spacial score (nSPS) is 16.4. The lowest BCUT2D eigenvalue weighted by molar-refractivity contribution is 0.469. The summed E-state index contributed by atoms with van der Waals surface area (Å²) in [6, 6.07) is 4.65. The molecule has 0 bridgehead atoms. The molecule has 3 rings (SSSR count). The molecule has 0 unspecified atom stereocenters. The molecule has 94 valence electrons. The number of rotatable bonds is 1. The van der Waals surface area contributed by atoms with Crippen LogP contribution in [0.2, 0.25) is 0 Å². The molecule has 0 saturated heterocycles. The van der Waals surface area contributed by atoms with E-state index in [4.69, 9.17) is 0 Å². The van der Waals surface area contributed by atoms with Crippen molar-refractivity contribution in [1.29, 1.82) is 0 Å². The molecule has 1 heterocycles. The van der Waals surface area contributed by atoms with Gasteiger partial charge in [-0.25, -0.2) is 4.79 Å². The molecule has 2 N–H and O–H groups in total. The highest BCUT2D eigenvalue weighted by Gasteiger charge is 2.22. The van der Waals surface area contributed by atoms with Crippen molar-refractivity contribution in [3.8, 4) is 5.75 Å². The van der Waals surface area contributed by atoms with Crippen LogP contribution < -0.4 is 11.2 Å². The van der Waals surface area contributed by atoms with E-state index >= 15 is 0 Å². The van der Waals surface area contributed by atoms with Crippen molar-refractivity contribution in [3.05, 3.63) is 39.0 Å². The topological polar surface area (TPSA) is 75.1 Å². The lowest BCUT2D eigenvalue weighted by Crippen LogP contribution is -2.37. The minimum atomic E-state index is -0.390. The fraction of sp³-hybridized carbons (Fsp3) is 0.385. The van der Waals surface area contributed by atoms with Crippen molar-refractivity contribution in [2.45, 2.75) is 31.7 Å². The van der Waals surface area contributed by atoms with Crippen molar-refractivity contribution >= 4 is 10.9 Å². The van der Waals surface area contributed by atoms with E-state index in [0.717, 1.165) is 25.7 Å². The molecular weight excluding hydrogens is 232 g/mol. The van der Waals surface area contributed by atoms with Crippen LogP contribution in [0.5, 0.6) is 5.75 Å². The van der Waals surface area contributed by atoms with E-state index in [0.29, 0.717) is 5.52 Å². The zero-order valence-corrected chi connectivity index (χ0v) is 9.85. The minimum absolute atomic E-state index is 0.0368. The number of aromatic nitrogens is 2. The summed E-state index contributed by atoms with van der Waals surface area (Å²) < 4.78 is 1.26. The second-order valence-electron chi connectivity index (χ2n) is 4.74. The van der Waals surface area contributed by atoms with Crippen molar-refractivity contribution in [1.82, 2.24) is 9.55 Å². The first-order valence-electron chi connectivity index (χ1n) is 6.15. The Bertz CT molecular complexity index is 708. The van der Waals surface area contributed by atoms with Crippen LogP contribution in [0.25, 0.3) is 10.9 Å². The molecule has 0 aliphatic heterocycles. The molecule has 0 amide bonds. The number of hydrogen-bond acceptors (Lipinski definition) is 3. The maximum Gasteiger partial charge on any atom is 0.329 e. The summed E-state index contributed by atoms with van der Waals surface area (Å²) in [4.78, 5) is 27.0. The molecule has 0 spiro atoms. The predicted octanol–water partition coefficient (Wildman–Crippen LogP) is 1.51. The molecule has 2 aromatic rings. The van der Waals surface area contributed by atoms with Crippen LogP contribution in [-0.2, 0) is 0 Å². The molecule has 1 aliphatic rings. The van der Waals surface area contributed by atoms with Crippen LogP contribution in [0.3, 0.4) is 0 Å². The van der Waals surface area contributed by atoms with Crippen LogP contribution in [0.4, 0.5) is 0 Å². The van der Waals surface area contributed by atoms with Crippen molar-refractivity contribution in [2.24, 2.45) is 0 Å². The third-order valence-corrected chi connectivity index (χ3v) is 3.63. The average Bonchev–Trinajstić information content (AvgIpc) is 2.82. The number of hydrogen-bond donors (Lipinski definition) is 2. The lowest BCUT2D eigenvalue weighted by Gasteiger charge is -2.13. The van der Waals surface area contributed by atoms with E-state index in [1.807, 2.05) is 0 Å². The van der Waals surface area contributed by atoms with Crippen LogP contribution in [-0.4, -0.2) is 14.7 Å². The van der Waals surface area contributed by atoms with E-state index in [-0.39, 0.29) is 22.9 Å². The highest BCUT2D eigenvalue weighted by atomic mass is 16.3. The largest absolute Gasteiger partial charge is 0.507 e. The second-order valence-corrected chi connectivity index (χ2v) is 4.74. The van der Waals surface area contributed by atoms with Gasteiger partial charge in [0.2, 0.25) is 0 Å². The summed E-state index contributed by atoms with van der Waals surface area (Å²) in [5.41, 5.74) is -0.386. The SMILES string of the molecule is O=c1[nH]c2cccc(O)c2c(=O)n1C1CCCC1. The van der Waals surface area contributed by atoms with Gasteiger partial charge in [-0.15, -0.1) is 0 Å².